The van der Waals surface area contributed by atoms with Gasteiger partial charge in [0, 0.05) is 31.4 Å². The normalized spacial score (nSPS) is 36.9. The molecule has 9 saturated heterocycles. The van der Waals surface area contributed by atoms with E-state index in [2.05, 4.69) is 90.7 Å². The van der Waals surface area contributed by atoms with E-state index in [9.17, 15) is 43.7 Å². The number of aromatic amines is 3. The second kappa shape index (κ2) is 36.2. The van der Waals surface area contributed by atoms with Crippen LogP contribution in [0.15, 0.2) is 70.2 Å². The third-order valence-corrected chi connectivity index (χ3v) is 30.9. The molecule has 0 saturated carbocycles. The van der Waals surface area contributed by atoms with Gasteiger partial charge in [-0.25, -0.2) is 47.5 Å². The Balaban J connectivity index is 0.000000129. The number of hydrogen-bond donors (Lipinski definition) is 15. The molecule has 9 fully saturated rings. The van der Waals surface area contributed by atoms with Gasteiger partial charge in [0.1, 0.15) is 77.6 Å². The first-order chi connectivity index (χ1) is 63.1. The van der Waals surface area contributed by atoms with Crippen LogP contribution in [0.25, 0.3) is 67.0 Å². The van der Waals surface area contributed by atoms with Gasteiger partial charge in [0.2, 0.25) is 17.8 Å². The minimum absolute atomic E-state index is 0.0270. The molecule has 21 heterocycles. The zero-order valence-corrected chi connectivity index (χ0v) is 76.6. The molecule has 21 N–H and O–H groups in total. The Bertz CT molecular complexity index is 6800. The number of nitrogen functional groups attached to an aromatic ring is 6. The summed E-state index contributed by atoms with van der Waals surface area (Å²) in [5.74, 6) is -0.691. The molecule has 133 heavy (non-hydrogen) atoms. The minimum atomic E-state index is -4.37. The van der Waals surface area contributed by atoms with Gasteiger partial charge in [0.25, 0.3) is 16.7 Å². The van der Waals surface area contributed by atoms with Crippen LogP contribution >= 0.6 is 40.3 Å². The first kappa shape index (κ1) is 94.1. The zero-order chi connectivity index (χ0) is 93.8. The highest BCUT2D eigenvalue weighted by molar-refractivity contribution is 8.08. The van der Waals surface area contributed by atoms with E-state index < -0.39 is 219 Å². The van der Waals surface area contributed by atoms with Crippen LogP contribution in [0.5, 0.6) is 0 Å². The molecule has 73 heteroatoms. The fourth-order valence-electron chi connectivity index (χ4n) is 15.6. The number of hydrogen-bond acceptors (Lipinski definition) is 48. The number of halogens is 4. The van der Waals surface area contributed by atoms with Crippen molar-refractivity contribution >= 4 is 213 Å². The van der Waals surface area contributed by atoms with Gasteiger partial charge < -0.3 is 128 Å². The molecule has 28 atom stereocenters. The quantitative estimate of drug-likeness (QED) is 0.0747. The number of imidazole rings is 3. The molecule has 0 aromatic carbocycles. The first-order valence-electron chi connectivity index (χ1n) is 38.6. The second-order valence-corrected chi connectivity index (χ2v) is 46.8. The van der Waals surface area contributed by atoms with E-state index in [1.807, 2.05) is 0 Å². The van der Waals surface area contributed by atoms with Crippen LogP contribution in [0.2, 0.25) is 0 Å². The topological polar surface area (TPSA) is 765 Å². The summed E-state index contributed by atoms with van der Waals surface area (Å²) in [5.41, 5.74) is 34.7. The van der Waals surface area contributed by atoms with Gasteiger partial charge in [0.05, 0.1) is 87.9 Å². The smallest absolute Gasteiger partial charge is 0.325 e. The van der Waals surface area contributed by atoms with E-state index in [1.54, 1.807) is 12.1 Å². The van der Waals surface area contributed by atoms with E-state index in [0.717, 1.165) is 14.0 Å². The van der Waals surface area contributed by atoms with Crippen molar-refractivity contribution in [3.63, 3.8) is 0 Å². The summed E-state index contributed by atoms with van der Waals surface area (Å²) in [6.45, 7) is -28.3. The Kier molecular flexibility index (Phi) is 25.6. The van der Waals surface area contributed by atoms with E-state index in [-0.39, 0.29) is 106 Å². The molecule has 0 spiro atoms. The summed E-state index contributed by atoms with van der Waals surface area (Å²) >= 11 is 31.2. The molecule has 6 unspecified atom stereocenters. The summed E-state index contributed by atoms with van der Waals surface area (Å²) < 4.78 is 173. The molecule has 21 rings (SSSR count). The van der Waals surface area contributed by atoms with E-state index in [4.69, 9.17) is 188 Å². The SMILES string of the molecule is Nc1nc2c(nnn2[C@@H]2O[C@@H]3COP(O)(=S)O[C@H]4[C@H](F)[C@H](n5cnc6c(N)ccnc65)O[C@@H]4COP(O)(=S)O[C@@H]2C3)c(=O)[nH]1.Nc1nc2c(nnn2[C@@H]2O[C@@H]3COP(O)(=S)O[C@H]4[C@H](F)[C@H](n5cnc6c(N)ccnc65)O[C@@H]4COP(O)(=S)O[C@@H]2C3)c(=O)[nH]1.Nc1nc2c(nnn2[C@@H]2O[C@@H]3COP(O)(=S)O[C@H]4[C@H](F)[C@H](n5cnc6c(N)ccnc65)O[C@@H]4COP(O)(=S)O[C@@H]2[C@H]3F)c(=O)[nH]1. The minimum Gasteiger partial charge on any atom is -0.397 e. The number of fused-ring (bicyclic) bond motifs is 15. The average molecular weight is 2100 g/mol. The highest BCUT2D eigenvalue weighted by Gasteiger charge is 2.58. The maximum atomic E-state index is 16.0. The number of H-pyrrole nitrogens is 3. The number of alkyl halides is 4. The van der Waals surface area contributed by atoms with Gasteiger partial charge in [-0.1, -0.05) is 15.6 Å². The summed E-state index contributed by atoms with van der Waals surface area (Å²) in [5, 5.41) is 23.1. The summed E-state index contributed by atoms with van der Waals surface area (Å²) in [7, 11) is 0. The number of anilines is 6. The molecule has 0 radical (unpaired) electrons. The molecule has 57 nitrogen and oxygen atoms in total. The summed E-state index contributed by atoms with van der Waals surface area (Å²) in [4.78, 5) is 147. The van der Waals surface area contributed by atoms with E-state index >= 15 is 17.6 Å². The lowest BCUT2D eigenvalue weighted by molar-refractivity contribution is -0.0639. The number of nitrogens with two attached hydrogens (primary N) is 6. The van der Waals surface area contributed by atoms with E-state index in [1.165, 1.54) is 57.3 Å². The van der Waals surface area contributed by atoms with Crippen molar-refractivity contribution < 1.29 is 130 Å². The molecular weight excluding hydrogens is 2030 g/mol. The largest absolute Gasteiger partial charge is 0.397 e. The average Bonchev–Trinajstić information content (AvgIpc) is 1.60. The van der Waals surface area contributed by atoms with Gasteiger partial charge in [-0.05, 0) is 89.0 Å². The number of pyridine rings is 3. The van der Waals surface area contributed by atoms with Crippen LogP contribution in [0.1, 0.15) is 50.2 Å². The Labute approximate surface area is 765 Å². The Hall–Kier alpha value is -7.84. The molecule has 0 amide bonds. The fraction of sp³-hybridized carbons (Fsp3) is 0.500. The molecule has 714 valence electrons. The summed E-state index contributed by atoms with van der Waals surface area (Å²) in [6, 6.07) is 4.60. The Morgan fingerprint density at radius 1 is 0.338 bits per heavy atom. The molecular formula is C60H68F4N30O27P6S6. The lowest BCUT2D eigenvalue weighted by Gasteiger charge is -2.27. The predicted octanol–water partition coefficient (Wildman–Crippen LogP) is -0.359. The molecule has 0 aliphatic carbocycles. The Morgan fingerprint density at radius 2 is 0.624 bits per heavy atom. The van der Waals surface area contributed by atoms with Crippen molar-refractivity contribution in [1.29, 1.82) is 0 Å². The number of nitrogens with one attached hydrogen (secondary N) is 3. The van der Waals surface area contributed by atoms with E-state index in [0.29, 0.717) is 22.4 Å². The van der Waals surface area contributed by atoms with Crippen molar-refractivity contribution in [3.8, 4) is 0 Å². The van der Waals surface area contributed by atoms with Gasteiger partial charge in [-0.15, -0.1) is 15.3 Å². The molecule has 9 aliphatic rings. The van der Waals surface area contributed by atoms with Crippen LogP contribution < -0.4 is 51.1 Å². The highest BCUT2D eigenvalue weighted by Crippen LogP contribution is 2.59. The molecule has 9 aliphatic heterocycles. The van der Waals surface area contributed by atoms with Gasteiger partial charge in [0.15, 0.2) is 112 Å². The van der Waals surface area contributed by atoms with Crippen LogP contribution in [0.3, 0.4) is 0 Å². The Morgan fingerprint density at radius 3 is 0.955 bits per heavy atom. The van der Waals surface area contributed by atoms with Crippen molar-refractivity contribution in [1.82, 2.24) is 118 Å². The second-order valence-electron chi connectivity index (χ2n) is 30.1. The lowest BCUT2D eigenvalue weighted by atomic mass is 10.1. The molecule has 6 bridgehead atoms. The van der Waals surface area contributed by atoms with Crippen molar-refractivity contribution in [2.24, 2.45) is 0 Å². The predicted molar refractivity (Wildman–Crippen MR) is 463 cm³/mol. The maximum Gasteiger partial charge on any atom is 0.325 e. The van der Waals surface area contributed by atoms with Crippen LogP contribution in [0.4, 0.5) is 52.5 Å². The third-order valence-electron chi connectivity index (χ3n) is 21.4. The van der Waals surface area contributed by atoms with Crippen LogP contribution in [-0.2, 0) is 154 Å². The van der Waals surface area contributed by atoms with Crippen LogP contribution in [0, 0.1) is 0 Å². The van der Waals surface area contributed by atoms with Gasteiger partial charge >= 0.3 is 40.3 Å². The number of ether oxygens (including phenoxy) is 6. The summed E-state index contributed by atoms with van der Waals surface area (Å²) in [6.07, 6.45) is -23.4. The molecule has 12 aromatic rings. The number of nitrogens with zero attached hydrogens (tertiary/aromatic N) is 21. The zero-order valence-electron chi connectivity index (χ0n) is 66.3. The monoisotopic (exact) mass is 2090 g/mol. The van der Waals surface area contributed by atoms with Crippen molar-refractivity contribution in [2.45, 2.75) is 148 Å². The fourth-order valence-corrected chi connectivity index (χ4v) is 24.2. The van der Waals surface area contributed by atoms with Crippen molar-refractivity contribution in [3.05, 3.63) is 86.8 Å². The van der Waals surface area contributed by atoms with Gasteiger partial charge in [-0.3, -0.25) is 61.1 Å². The maximum absolute atomic E-state index is 16.0. The highest BCUT2D eigenvalue weighted by atomic mass is 32.5. The van der Waals surface area contributed by atoms with Crippen LogP contribution in [-0.4, -0.2) is 285 Å². The lowest BCUT2D eigenvalue weighted by Crippen LogP contribution is -2.34. The third kappa shape index (κ3) is 18.8. The standard InChI is InChI=1S/C20H22F2N10O9P2S2.2C20H23FN10O9P2S2/c21-9-7-3-36-42(34,44)40-13-8(39-18(10(13)22)31-5-26-11-6(23)1-2-25-15(11)31)4-37-43(35,45)41-14(9)19(38-7)32-16-12(29-30-32)17(33)28-20(24)27-16;2*21-11-14-10(38-19(11)30-6-25-12-8(22)1-2-24-15(12)30)5-36-41(33,43)39-9-3-7(4-35-42(34,44)40-14)37-18(9)31-16-13(28-29-31)17(32)27-20(23)26-16/h1-2,5,7-10,13-14,18-19H,3-4H2,(H2,23,25)(H,34,44)(H,35,45)(H3,24,27,28,33);2*1-2,6-7,9-11,14,18-19H,3-5H2,(H2,22,24)(H,33,43)(H,34,44)(H3,23,26,27,32)/t7-,8-,9+,10+,13-,14-,18-,19-,42?,43?;2*7-,9+,10+,11-,14+,18+,19+,41?,42?/m100/s1. The van der Waals surface area contributed by atoms with Crippen molar-refractivity contribution in [2.75, 3.05) is 74.0 Å². The number of aromatic nitrogens is 24. The first-order valence-corrected chi connectivity index (χ1v) is 54.1. The van der Waals surface area contributed by atoms with Gasteiger partial charge in [-0.2, -0.15) is 29.0 Å². The number of rotatable bonds is 6. The molecule has 12 aromatic heterocycles.